The van der Waals surface area contributed by atoms with Crippen LogP contribution in [0.1, 0.15) is 11.1 Å². The van der Waals surface area contributed by atoms with Crippen molar-refractivity contribution < 1.29 is 0 Å². The maximum Gasteiger partial charge on any atom is 0.104 e. The molecule has 0 spiro atoms. The van der Waals surface area contributed by atoms with Crippen LogP contribution in [-0.2, 0) is 6.54 Å². The van der Waals surface area contributed by atoms with E-state index in [1.165, 1.54) is 16.5 Å². The second-order valence-corrected chi connectivity index (χ2v) is 5.01. The van der Waals surface area contributed by atoms with Gasteiger partial charge in [0.05, 0.1) is 0 Å². The molecule has 2 nitrogen and oxygen atoms in total. The predicted octanol–water partition coefficient (Wildman–Crippen LogP) is 3.32. The van der Waals surface area contributed by atoms with E-state index in [4.69, 9.17) is 18.0 Å². The van der Waals surface area contributed by atoms with E-state index >= 15 is 0 Å². The van der Waals surface area contributed by atoms with Gasteiger partial charge >= 0.3 is 0 Å². The molecule has 19 heavy (non-hydrogen) atoms. The maximum absolute atomic E-state index is 5.66. The van der Waals surface area contributed by atoms with Crippen LogP contribution in [0.5, 0.6) is 0 Å². The third kappa shape index (κ3) is 2.37. The Balaban J connectivity index is 1.99. The molecule has 0 aliphatic carbocycles. The van der Waals surface area contributed by atoms with E-state index in [9.17, 15) is 0 Å². The molecule has 0 amide bonds. The first kappa shape index (κ1) is 11.9. The summed E-state index contributed by atoms with van der Waals surface area (Å²) < 4.78 is 2.23. The molecule has 0 atom stereocenters. The standard InChI is InChI=1S/C16H14N2S/c17-16(19)14-6-7-15-13(10-14)8-9-18(15)11-12-4-2-1-3-5-12/h1-10H,11H2,(H2,17,19). The normalized spacial score (nSPS) is 10.7. The highest BCUT2D eigenvalue weighted by atomic mass is 32.1. The number of hydrogen-bond donors (Lipinski definition) is 1. The van der Waals surface area contributed by atoms with Crippen molar-refractivity contribution in [2.45, 2.75) is 6.54 Å². The van der Waals surface area contributed by atoms with Crippen LogP contribution in [-0.4, -0.2) is 9.56 Å². The van der Waals surface area contributed by atoms with Gasteiger partial charge in [-0.25, -0.2) is 0 Å². The number of rotatable bonds is 3. The summed E-state index contributed by atoms with van der Waals surface area (Å²) in [5.41, 5.74) is 9.06. The van der Waals surface area contributed by atoms with Crippen molar-refractivity contribution in [2.75, 3.05) is 0 Å². The first-order valence-corrected chi connectivity index (χ1v) is 6.57. The largest absolute Gasteiger partial charge is 0.389 e. The quantitative estimate of drug-likeness (QED) is 0.737. The second-order valence-electron chi connectivity index (χ2n) is 4.57. The molecule has 3 rings (SSSR count). The summed E-state index contributed by atoms with van der Waals surface area (Å²) in [5, 5.41) is 1.17. The van der Waals surface area contributed by atoms with Crippen molar-refractivity contribution in [2.24, 2.45) is 5.73 Å². The molecule has 2 N–H and O–H groups in total. The van der Waals surface area contributed by atoms with Gasteiger partial charge in [-0.2, -0.15) is 0 Å². The van der Waals surface area contributed by atoms with Crippen LogP contribution in [0.3, 0.4) is 0 Å². The van der Waals surface area contributed by atoms with Gasteiger partial charge in [-0.15, -0.1) is 0 Å². The van der Waals surface area contributed by atoms with E-state index in [0.29, 0.717) is 4.99 Å². The van der Waals surface area contributed by atoms with Crippen LogP contribution >= 0.6 is 12.2 Å². The van der Waals surface area contributed by atoms with Crippen LogP contribution in [0.15, 0.2) is 60.8 Å². The molecule has 0 saturated heterocycles. The number of benzene rings is 2. The summed E-state index contributed by atoms with van der Waals surface area (Å²) in [5.74, 6) is 0. The Hall–Kier alpha value is -2.13. The number of fused-ring (bicyclic) bond motifs is 1. The zero-order valence-electron chi connectivity index (χ0n) is 10.4. The number of thiocarbonyl (C=S) groups is 1. The molecule has 3 aromatic rings. The fraction of sp³-hybridized carbons (Fsp3) is 0.0625. The van der Waals surface area contributed by atoms with Crippen LogP contribution in [0.2, 0.25) is 0 Å². The topological polar surface area (TPSA) is 30.9 Å². The minimum absolute atomic E-state index is 0.442. The highest BCUT2D eigenvalue weighted by Crippen LogP contribution is 2.19. The van der Waals surface area contributed by atoms with E-state index in [1.807, 2.05) is 18.2 Å². The highest BCUT2D eigenvalue weighted by Gasteiger charge is 2.04. The molecule has 1 heterocycles. The molecule has 0 unspecified atom stereocenters. The Morgan fingerprint density at radius 2 is 1.84 bits per heavy atom. The highest BCUT2D eigenvalue weighted by molar-refractivity contribution is 7.80. The monoisotopic (exact) mass is 266 g/mol. The van der Waals surface area contributed by atoms with Gasteiger partial charge < -0.3 is 10.3 Å². The number of hydrogen-bond acceptors (Lipinski definition) is 1. The fourth-order valence-electron chi connectivity index (χ4n) is 2.27. The van der Waals surface area contributed by atoms with Crippen molar-refractivity contribution >= 4 is 28.1 Å². The van der Waals surface area contributed by atoms with Crippen molar-refractivity contribution in [3.8, 4) is 0 Å². The van der Waals surface area contributed by atoms with E-state index in [0.717, 1.165) is 12.1 Å². The molecule has 0 bridgehead atoms. The van der Waals surface area contributed by atoms with Crippen LogP contribution in [0, 0.1) is 0 Å². The first-order chi connectivity index (χ1) is 9.24. The molecule has 0 fully saturated rings. The van der Waals surface area contributed by atoms with Crippen LogP contribution in [0.4, 0.5) is 0 Å². The van der Waals surface area contributed by atoms with Crippen molar-refractivity contribution in [3.63, 3.8) is 0 Å². The van der Waals surface area contributed by atoms with Crippen molar-refractivity contribution in [1.82, 2.24) is 4.57 Å². The Morgan fingerprint density at radius 3 is 2.58 bits per heavy atom. The minimum atomic E-state index is 0.442. The molecule has 0 aliphatic heterocycles. The third-order valence-corrected chi connectivity index (χ3v) is 3.49. The van der Waals surface area contributed by atoms with E-state index < -0.39 is 0 Å². The van der Waals surface area contributed by atoms with Crippen LogP contribution < -0.4 is 5.73 Å². The summed E-state index contributed by atoms with van der Waals surface area (Å²) in [7, 11) is 0. The van der Waals surface area contributed by atoms with Gasteiger partial charge in [0.15, 0.2) is 0 Å². The van der Waals surface area contributed by atoms with Gasteiger partial charge in [0.1, 0.15) is 4.99 Å². The maximum atomic E-state index is 5.66. The van der Waals surface area contributed by atoms with Gasteiger partial charge in [0, 0.05) is 29.2 Å². The zero-order chi connectivity index (χ0) is 13.2. The summed E-state index contributed by atoms with van der Waals surface area (Å²) >= 11 is 5.01. The smallest absolute Gasteiger partial charge is 0.104 e. The van der Waals surface area contributed by atoms with E-state index in [-0.39, 0.29) is 0 Å². The molecule has 2 aromatic carbocycles. The number of nitrogens with zero attached hydrogens (tertiary/aromatic N) is 1. The molecular weight excluding hydrogens is 252 g/mol. The number of nitrogens with two attached hydrogens (primary N) is 1. The zero-order valence-corrected chi connectivity index (χ0v) is 11.2. The molecule has 1 aromatic heterocycles. The first-order valence-electron chi connectivity index (χ1n) is 6.17. The van der Waals surface area contributed by atoms with Crippen molar-refractivity contribution in [1.29, 1.82) is 0 Å². The minimum Gasteiger partial charge on any atom is -0.389 e. The van der Waals surface area contributed by atoms with Gasteiger partial charge in [0.25, 0.3) is 0 Å². The number of aromatic nitrogens is 1. The SMILES string of the molecule is NC(=S)c1ccc2c(ccn2Cc2ccccc2)c1. The molecule has 0 radical (unpaired) electrons. The lowest BCUT2D eigenvalue weighted by Crippen LogP contribution is -2.08. The lowest BCUT2D eigenvalue weighted by Gasteiger charge is -2.06. The van der Waals surface area contributed by atoms with Gasteiger partial charge in [-0.05, 0) is 29.8 Å². The summed E-state index contributed by atoms with van der Waals surface area (Å²) in [4.78, 5) is 0.442. The summed E-state index contributed by atoms with van der Waals surface area (Å²) in [6.45, 7) is 0.872. The van der Waals surface area contributed by atoms with E-state index in [2.05, 4.69) is 47.2 Å². The lowest BCUT2D eigenvalue weighted by molar-refractivity contribution is 0.837. The third-order valence-electron chi connectivity index (χ3n) is 3.25. The Labute approximate surface area is 117 Å². The Kier molecular flexibility index (Phi) is 3.05. The van der Waals surface area contributed by atoms with Crippen LogP contribution in [0.25, 0.3) is 10.9 Å². The van der Waals surface area contributed by atoms with E-state index in [1.54, 1.807) is 0 Å². The predicted molar refractivity (Wildman–Crippen MR) is 83.4 cm³/mol. The van der Waals surface area contributed by atoms with Gasteiger partial charge in [0.2, 0.25) is 0 Å². The molecule has 0 aliphatic rings. The Bertz CT molecular complexity index is 729. The lowest BCUT2D eigenvalue weighted by atomic mass is 10.1. The van der Waals surface area contributed by atoms with Gasteiger partial charge in [-0.3, -0.25) is 0 Å². The Morgan fingerprint density at radius 1 is 1.05 bits per heavy atom. The molecular formula is C16H14N2S. The molecule has 94 valence electrons. The molecule has 0 saturated carbocycles. The summed E-state index contributed by atoms with van der Waals surface area (Å²) in [6.07, 6.45) is 2.10. The van der Waals surface area contributed by atoms with Gasteiger partial charge in [-0.1, -0.05) is 42.5 Å². The average Bonchev–Trinajstić information content (AvgIpc) is 2.82. The second kappa shape index (κ2) is 4.86. The fourth-order valence-corrected chi connectivity index (χ4v) is 2.40. The summed E-state index contributed by atoms with van der Waals surface area (Å²) in [6, 6.07) is 18.6. The van der Waals surface area contributed by atoms with Crippen molar-refractivity contribution in [3.05, 3.63) is 71.9 Å². The molecule has 3 heteroatoms. The average molecular weight is 266 g/mol.